The molecule has 0 spiro atoms. The van der Waals surface area contributed by atoms with Crippen LogP contribution in [-0.2, 0) is 34.9 Å². The van der Waals surface area contributed by atoms with E-state index in [0.29, 0.717) is 46.4 Å². The molecule has 4 amide bonds. The van der Waals surface area contributed by atoms with Gasteiger partial charge in [-0.25, -0.2) is 0 Å². The average Bonchev–Trinajstić information content (AvgIpc) is 3.64. The molecule has 4 fully saturated rings. The van der Waals surface area contributed by atoms with E-state index in [2.05, 4.69) is 43.6 Å². The number of amides is 4. The van der Waals surface area contributed by atoms with Gasteiger partial charge in [-0.05, 0) is 85.8 Å². The van der Waals surface area contributed by atoms with E-state index >= 15 is 0 Å². The van der Waals surface area contributed by atoms with E-state index in [1.54, 1.807) is 26.1 Å². The summed E-state index contributed by atoms with van der Waals surface area (Å²) in [6.07, 6.45) is 15.3. The van der Waals surface area contributed by atoms with Crippen LogP contribution in [0.25, 0.3) is 11.1 Å². The molecule has 0 radical (unpaired) electrons. The lowest BCUT2D eigenvalue weighted by Crippen LogP contribution is -2.65. The quantitative estimate of drug-likeness (QED) is 0.0675. The number of benzene rings is 2. The number of rotatable bonds is 22. The first-order valence-corrected chi connectivity index (χ1v) is 24.6. The van der Waals surface area contributed by atoms with Crippen LogP contribution in [0.2, 0.25) is 0 Å². The fourth-order valence-corrected chi connectivity index (χ4v) is 10.7. The molecule has 2 aromatic rings. The van der Waals surface area contributed by atoms with Crippen molar-refractivity contribution in [2.24, 2.45) is 28.7 Å². The number of likely N-dealkylation sites (N-methyl/N-ethyl adjacent to an activating group) is 1. The molecule has 0 aromatic heterocycles. The van der Waals surface area contributed by atoms with Crippen LogP contribution < -0.4 is 36.9 Å². The molecule has 7 N–H and O–H groups in total. The number of nitrogens with two attached hydrogens (primary N) is 2. The summed E-state index contributed by atoms with van der Waals surface area (Å²) in [5, 5.41) is 8.79. The van der Waals surface area contributed by atoms with Crippen molar-refractivity contribution in [1.29, 1.82) is 0 Å². The summed E-state index contributed by atoms with van der Waals surface area (Å²) in [7, 11) is 0.999. The van der Waals surface area contributed by atoms with E-state index in [1.807, 2.05) is 24.3 Å². The van der Waals surface area contributed by atoms with Crippen molar-refractivity contribution in [3.8, 4) is 22.6 Å². The van der Waals surface area contributed by atoms with Crippen molar-refractivity contribution >= 4 is 30.7 Å². The largest absolute Gasteiger partial charge is 0.492 e. The van der Waals surface area contributed by atoms with Gasteiger partial charge in [0.15, 0.2) is 0 Å². The molecule has 3 aliphatic carbocycles. The van der Waals surface area contributed by atoms with Gasteiger partial charge >= 0.3 is 7.12 Å². The topological polar surface area (TPSA) is 197 Å². The maximum absolute atomic E-state index is 14.5. The fourth-order valence-electron chi connectivity index (χ4n) is 10.7. The third kappa shape index (κ3) is 12.1. The van der Waals surface area contributed by atoms with E-state index in [4.69, 9.17) is 30.2 Å². The standard InChI is InChI=1S/C50H77BN6O8/c1-7-8-9-10-11-12-13-14-15-16-17-18-44(58)57(6)45-35-20-22-41(63-26-24-53)38(29-35)37-27-34(19-21-40(37)62-25-23-52)28-39(56-46(59)33(2)55-48(45)61)47(60)54-32-51-64-43-31-36-30-42(49(36,3)4)50(43,5)65-51/h19-22,27,29,33,36,39,42-43,45H,7-18,23-26,28,30-32,52-53H2,1-6H3,(H,54,60)(H,55,61)(H,56,59)/t33-,36?,39?,42?,43?,45?,50-/m0/s1. The Balaban J connectivity index is 1.23. The molecule has 14 nitrogen and oxygen atoms in total. The Morgan fingerprint density at radius 2 is 1.46 bits per heavy atom. The molecule has 15 heteroatoms. The normalized spacial score (nSPS) is 25.6. The minimum atomic E-state index is -1.10. The molecule has 2 heterocycles. The van der Waals surface area contributed by atoms with Crippen LogP contribution >= 0.6 is 0 Å². The third-order valence-corrected chi connectivity index (χ3v) is 14.7. The highest BCUT2D eigenvalue weighted by Crippen LogP contribution is 2.65. The first-order chi connectivity index (χ1) is 31.2. The Labute approximate surface area is 387 Å². The van der Waals surface area contributed by atoms with Gasteiger partial charge in [-0.2, -0.15) is 0 Å². The van der Waals surface area contributed by atoms with Gasteiger partial charge in [0.1, 0.15) is 42.8 Å². The fraction of sp³-hybridized carbons (Fsp3) is 0.680. The second-order valence-corrected chi connectivity index (χ2v) is 19.7. The van der Waals surface area contributed by atoms with E-state index < -0.39 is 48.6 Å². The highest BCUT2D eigenvalue weighted by atomic mass is 16.7. The molecule has 7 atom stereocenters. The molecule has 6 bridgehead atoms. The summed E-state index contributed by atoms with van der Waals surface area (Å²) in [6, 6.07) is 7.76. The third-order valence-electron chi connectivity index (χ3n) is 14.7. The summed E-state index contributed by atoms with van der Waals surface area (Å²) < 4.78 is 25.3. The second-order valence-electron chi connectivity index (χ2n) is 19.7. The van der Waals surface area contributed by atoms with E-state index in [1.165, 1.54) is 49.8 Å². The van der Waals surface area contributed by atoms with Crippen LogP contribution in [0.15, 0.2) is 36.4 Å². The molecule has 3 saturated carbocycles. The summed E-state index contributed by atoms with van der Waals surface area (Å²) >= 11 is 0. The maximum Gasteiger partial charge on any atom is 0.478 e. The molecule has 7 rings (SSSR count). The van der Waals surface area contributed by atoms with Gasteiger partial charge in [0.25, 0.3) is 0 Å². The van der Waals surface area contributed by atoms with Gasteiger partial charge in [-0.15, -0.1) is 0 Å². The number of nitrogens with zero attached hydrogens (tertiary/aromatic N) is 1. The molecule has 2 aliphatic heterocycles. The smallest absolute Gasteiger partial charge is 0.478 e. The Hall–Kier alpha value is -4.18. The number of hydrogen-bond acceptors (Lipinski definition) is 10. The maximum atomic E-state index is 14.5. The van der Waals surface area contributed by atoms with Crippen molar-refractivity contribution < 1.29 is 38.0 Å². The number of nitrogens with one attached hydrogen (secondary N) is 3. The Morgan fingerprint density at radius 1 is 0.846 bits per heavy atom. The van der Waals surface area contributed by atoms with Crippen molar-refractivity contribution in [2.45, 2.75) is 161 Å². The van der Waals surface area contributed by atoms with Crippen LogP contribution in [0.4, 0.5) is 0 Å². The first kappa shape index (κ1) is 50.2. The summed E-state index contributed by atoms with van der Waals surface area (Å²) in [5.74, 6) is 0.267. The number of carbonyl (C=O) groups is 4. The zero-order valence-electron chi connectivity index (χ0n) is 40.0. The minimum absolute atomic E-state index is 0.0435. The van der Waals surface area contributed by atoms with Crippen LogP contribution in [0.1, 0.15) is 142 Å². The van der Waals surface area contributed by atoms with E-state index in [0.717, 1.165) is 37.7 Å². The lowest BCUT2D eigenvalue weighted by Gasteiger charge is -2.64. The lowest BCUT2D eigenvalue weighted by molar-refractivity contribution is -0.199. The van der Waals surface area contributed by atoms with Crippen LogP contribution in [0.5, 0.6) is 11.5 Å². The van der Waals surface area contributed by atoms with Crippen molar-refractivity contribution in [3.05, 3.63) is 47.5 Å². The van der Waals surface area contributed by atoms with E-state index in [9.17, 15) is 19.2 Å². The lowest BCUT2D eigenvalue weighted by atomic mass is 9.43. The second kappa shape index (κ2) is 23.0. The van der Waals surface area contributed by atoms with Crippen molar-refractivity contribution in [2.75, 3.05) is 39.8 Å². The molecular formula is C50H77BN6O8. The monoisotopic (exact) mass is 901 g/mol. The van der Waals surface area contributed by atoms with Crippen LogP contribution in [0, 0.1) is 17.3 Å². The average molecular weight is 901 g/mol. The number of hydrogen-bond donors (Lipinski definition) is 5. The number of carbonyl (C=O) groups excluding carboxylic acids is 4. The van der Waals surface area contributed by atoms with Crippen molar-refractivity contribution in [3.63, 3.8) is 0 Å². The molecular weight excluding hydrogens is 823 g/mol. The molecule has 358 valence electrons. The Kier molecular flexibility index (Phi) is 17.8. The minimum Gasteiger partial charge on any atom is -0.492 e. The first-order valence-electron chi connectivity index (χ1n) is 24.6. The highest BCUT2D eigenvalue weighted by molar-refractivity contribution is 6.46. The van der Waals surface area contributed by atoms with Crippen LogP contribution in [-0.4, -0.2) is 99.2 Å². The SMILES string of the molecule is CCCCCCCCCCCCCC(=O)N(C)C1C(=O)N[C@@H](C)C(=O)NC(C(=O)NCB2OC3CC4CC(C4(C)C)[C@]3(C)O2)Cc2ccc(OCCN)c(c2)-c2cc1ccc2OCCN. The molecule has 2 aromatic carbocycles. The van der Waals surface area contributed by atoms with Crippen LogP contribution in [0.3, 0.4) is 0 Å². The van der Waals surface area contributed by atoms with Gasteiger partial charge in [-0.1, -0.05) is 97.1 Å². The zero-order chi connectivity index (χ0) is 46.7. The molecule has 1 saturated heterocycles. The van der Waals surface area contributed by atoms with Gasteiger partial charge in [0.2, 0.25) is 23.6 Å². The summed E-state index contributed by atoms with van der Waals surface area (Å²) in [6.45, 7) is 11.5. The molecule has 5 aliphatic rings. The predicted molar refractivity (Wildman–Crippen MR) is 254 cm³/mol. The van der Waals surface area contributed by atoms with Crippen molar-refractivity contribution in [1.82, 2.24) is 20.9 Å². The highest BCUT2D eigenvalue weighted by Gasteiger charge is 2.67. The van der Waals surface area contributed by atoms with Gasteiger partial charge in [0.05, 0.1) is 18.1 Å². The van der Waals surface area contributed by atoms with Gasteiger partial charge < -0.3 is 51.1 Å². The summed E-state index contributed by atoms with van der Waals surface area (Å²) in [4.78, 5) is 58.1. The Bertz CT molecular complexity index is 1950. The number of unbranched alkanes of at least 4 members (excludes halogenated alkanes) is 10. The zero-order valence-corrected chi connectivity index (χ0v) is 40.0. The number of ether oxygens (including phenoxy) is 2. The number of fused-ring (bicyclic) bond motifs is 5. The van der Waals surface area contributed by atoms with Gasteiger partial charge in [0, 0.05) is 44.1 Å². The predicted octanol–water partition coefficient (Wildman–Crippen LogP) is 6.16. The molecule has 5 unspecified atom stereocenters. The Morgan fingerprint density at radius 3 is 2.09 bits per heavy atom. The van der Waals surface area contributed by atoms with E-state index in [-0.39, 0.29) is 63.0 Å². The summed E-state index contributed by atoms with van der Waals surface area (Å²) in [5.41, 5.74) is 14.0. The molecule has 65 heavy (non-hydrogen) atoms. The van der Waals surface area contributed by atoms with Gasteiger partial charge in [-0.3, -0.25) is 19.2 Å².